The fourth-order valence-corrected chi connectivity index (χ4v) is 3.17. The first-order chi connectivity index (χ1) is 9.81. The van der Waals surface area contributed by atoms with E-state index in [-0.39, 0.29) is 5.69 Å². The summed E-state index contributed by atoms with van der Waals surface area (Å²) in [6.07, 6.45) is 1.01. The van der Waals surface area contributed by atoms with Crippen molar-refractivity contribution < 1.29 is 17.4 Å². The molecule has 22 heavy (non-hydrogen) atoms. The van der Waals surface area contributed by atoms with Crippen LogP contribution in [0.3, 0.4) is 0 Å². The molecule has 0 radical (unpaired) electrons. The maximum Gasteiger partial charge on any atom is 0.229 e. The zero-order valence-electron chi connectivity index (χ0n) is 13.7. The molecule has 5 nitrogen and oxygen atoms in total. The third kappa shape index (κ3) is 5.42. The van der Waals surface area contributed by atoms with Gasteiger partial charge in [-0.2, -0.15) is 0 Å². The summed E-state index contributed by atoms with van der Waals surface area (Å²) in [5.41, 5.74) is 1.14. The number of aryl methyl sites for hydroxylation is 1. The zero-order valence-corrected chi connectivity index (χ0v) is 15.3. The van der Waals surface area contributed by atoms with Gasteiger partial charge in [0.25, 0.3) is 0 Å². The molecule has 1 aromatic rings. The Labute approximate surface area is 135 Å². The molecule has 2 atom stereocenters. The summed E-state index contributed by atoms with van der Waals surface area (Å²) in [4.78, 5) is 0. The summed E-state index contributed by atoms with van der Waals surface area (Å²) in [5.74, 6) is -0.553. The van der Waals surface area contributed by atoms with Crippen molar-refractivity contribution in [1.82, 2.24) is 4.72 Å². The average molecular weight is 350 g/mol. The molecule has 0 saturated carbocycles. The van der Waals surface area contributed by atoms with Crippen molar-refractivity contribution in [2.75, 3.05) is 11.0 Å². The van der Waals surface area contributed by atoms with Gasteiger partial charge in [-0.15, -0.1) is 4.72 Å². The number of benzene rings is 1. The predicted octanol–water partition coefficient (Wildman–Crippen LogP) is 2.62. The molecule has 8 heteroatoms. The summed E-state index contributed by atoms with van der Waals surface area (Å²) in [7, 11) is -3.47. The molecule has 0 amide bonds. The van der Waals surface area contributed by atoms with Gasteiger partial charge in [0.15, 0.2) is 0 Å². The van der Waals surface area contributed by atoms with E-state index in [0.717, 1.165) is 12.3 Å². The first-order valence-corrected chi connectivity index (χ1v) is 9.81. The summed E-state index contributed by atoms with van der Waals surface area (Å²) < 4.78 is 53.5. The van der Waals surface area contributed by atoms with E-state index in [1.165, 1.54) is 0 Å². The minimum atomic E-state index is -3.47. The fraction of sp³-hybridized carbons (Fsp3) is 0.571. The van der Waals surface area contributed by atoms with E-state index in [0.29, 0.717) is 11.1 Å². The SMILES string of the molecule is Cc1cc([C@@H](C)N[S+]([O-])C(C)(C)C)c(F)cc1NS(C)(=O)=O. The first kappa shape index (κ1) is 19.2. The monoisotopic (exact) mass is 350 g/mol. The maximum absolute atomic E-state index is 14.2. The van der Waals surface area contributed by atoms with Crippen molar-refractivity contribution in [2.45, 2.75) is 45.4 Å². The van der Waals surface area contributed by atoms with Crippen molar-refractivity contribution in [3.63, 3.8) is 0 Å². The van der Waals surface area contributed by atoms with Gasteiger partial charge in [-0.25, -0.2) is 12.8 Å². The highest BCUT2D eigenvalue weighted by atomic mass is 32.2. The van der Waals surface area contributed by atoms with Crippen LogP contribution < -0.4 is 9.44 Å². The Morgan fingerprint density at radius 3 is 2.32 bits per heavy atom. The standard InChI is InChI=1S/C14H23FN2O3S2/c1-9-7-11(10(2)16-21(18)14(3,4)5)12(15)8-13(9)17-22(6,19)20/h7-8,10,16-17H,1-6H3/t10-,21?/m1/s1. The molecular weight excluding hydrogens is 327 g/mol. The fourth-order valence-electron chi connectivity index (χ4n) is 1.75. The van der Waals surface area contributed by atoms with Gasteiger partial charge in [0.2, 0.25) is 10.0 Å². The maximum atomic E-state index is 14.2. The molecule has 2 N–H and O–H groups in total. The second kappa shape index (κ2) is 6.74. The molecule has 0 aliphatic heterocycles. The van der Waals surface area contributed by atoms with Crippen LogP contribution in [0.1, 0.15) is 44.9 Å². The van der Waals surface area contributed by atoms with Gasteiger partial charge < -0.3 is 4.55 Å². The van der Waals surface area contributed by atoms with E-state index in [9.17, 15) is 17.4 Å². The van der Waals surface area contributed by atoms with Crippen LogP contribution in [0.15, 0.2) is 12.1 Å². The lowest BCUT2D eigenvalue weighted by Gasteiger charge is -2.27. The normalized spacial score (nSPS) is 15.5. The zero-order chi connectivity index (χ0) is 17.3. The lowest BCUT2D eigenvalue weighted by atomic mass is 10.0. The number of nitrogens with one attached hydrogen (secondary N) is 2. The average Bonchev–Trinajstić information content (AvgIpc) is 2.30. The van der Waals surface area contributed by atoms with Gasteiger partial charge in [0, 0.05) is 16.9 Å². The number of hydrogen-bond donors (Lipinski definition) is 2. The van der Waals surface area contributed by atoms with Gasteiger partial charge in [0.1, 0.15) is 10.6 Å². The molecule has 0 heterocycles. The molecule has 0 saturated heterocycles. The van der Waals surface area contributed by atoms with E-state index in [1.54, 1.807) is 19.9 Å². The van der Waals surface area contributed by atoms with Crippen molar-refractivity contribution in [3.05, 3.63) is 29.1 Å². The highest BCUT2D eigenvalue weighted by Crippen LogP contribution is 2.27. The second-order valence-electron chi connectivity index (χ2n) is 6.28. The minimum Gasteiger partial charge on any atom is -0.598 e. The molecule has 1 aromatic carbocycles. The third-order valence-corrected chi connectivity index (χ3v) is 5.22. The van der Waals surface area contributed by atoms with Gasteiger partial charge in [0.05, 0.1) is 18.0 Å². The second-order valence-corrected chi connectivity index (χ2v) is 10.0. The highest BCUT2D eigenvalue weighted by Gasteiger charge is 2.29. The summed E-state index contributed by atoms with van der Waals surface area (Å²) in [5, 5.41) is 0. The minimum absolute atomic E-state index is 0.202. The van der Waals surface area contributed by atoms with Crippen LogP contribution in [0, 0.1) is 12.7 Å². The molecular formula is C14H23FN2O3S2. The summed E-state index contributed by atoms with van der Waals surface area (Å²) >= 11 is -1.33. The van der Waals surface area contributed by atoms with E-state index < -0.39 is 38.0 Å². The topological polar surface area (TPSA) is 81.3 Å². The van der Waals surface area contributed by atoms with E-state index in [4.69, 9.17) is 0 Å². The Morgan fingerprint density at radius 2 is 1.86 bits per heavy atom. The third-order valence-electron chi connectivity index (χ3n) is 2.95. The van der Waals surface area contributed by atoms with Gasteiger partial charge in [-0.05, 0) is 52.3 Å². The van der Waals surface area contributed by atoms with Crippen LogP contribution in [0.5, 0.6) is 0 Å². The van der Waals surface area contributed by atoms with E-state index >= 15 is 0 Å². The summed E-state index contributed by atoms with van der Waals surface area (Å²) in [6.45, 7) is 8.87. The van der Waals surface area contributed by atoms with Crippen molar-refractivity contribution in [2.24, 2.45) is 0 Å². The molecule has 0 spiro atoms. The number of anilines is 1. The number of sulfonamides is 1. The lowest BCUT2D eigenvalue weighted by molar-refractivity contribution is 0.522. The summed E-state index contributed by atoms with van der Waals surface area (Å²) in [6, 6.07) is 2.23. The van der Waals surface area contributed by atoms with E-state index in [2.05, 4.69) is 9.44 Å². The predicted molar refractivity (Wildman–Crippen MR) is 89.0 cm³/mol. The quantitative estimate of drug-likeness (QED) is 0.800. The Hall–Kier alpha value is -0.830. The lowest BCUT2D eigenvalue weighted by Crippen LogP contribution is -2.40. The van der Waals surface area contributed by atoms with Crippen LogP contribution in [-0.2, 0) is 21.4 Å². The van der Waals surface area contributed by atoms with Gasteiger partial charge in [-0.3, -0.25) is 4.72 Å². The Balaban J connectivity index is 3.05. The Morgan fingerprint density at radius 1 is 1.32 bits per heavy atom. The Bertz CT molecular complexity index is 642. The van der Waals surface area contributed by atoms with Gasteiger partial charge >= 0.3 is 0 Å². The van der Waals surface area contributed by atoms with Crippen molar-refractivity contribution in [3.8, 4) is 0 Å². The molecule has 1 rings (SSSR count). The van der Waals surface area contributed by atoms with Crippen molar-refractivity contribution in [1.29, 1.82) is 0 Å². The van der Waals surface area contributed by atoms with Crippen LogP contribution in [0.4, 0.5) is 10.1 Å². The Kier molecular flexibility index (Phi) is 5.88. The van der Waals surface area contributed by atoms with Crippen LogP contribution in [0.2, 0.25) is 0 Å². The number of rotatable bonds is 5. The molecule has 0 aromatic heterocycles. The number of halogens is 1. The molecule has 1 unspecified atom stereocenters. The van der Waals surface area contributed by atoms with E-state index in [1.807, 2.05) is 20.8 Å². The molecule has 0 bridgehead atoms. The molecule has 0 aliphatic rings. The largest absolute Gasteiger partial charge is 0.598 e. The van der Waals surface area contributed by atoms with Crippen LogP contribution >= 0.6 is 0 Å². The number of hydrogen-bond acceptors (Lipinski definition) is 4. The first-order valence-electron chi connectivity index (χ1n) is 6.77. The van der Waals surface area contributed by atoms with Crippen LogP contribution in [0.25, 0.3) is 0 Å². The highest BCUT2D eigenvalue weighted by molar-refractivity contribution is 7.92. The smallest absolute Gasteiger partial charge is 0.229 e. The van der Waals surface area contributed by atoms with Crippen LogP contribution in [-0.4, -0.2) is 24.0 Å². The molecule has 0 fully saturated rings. The molecule has 126 valence electrons. The van der Waals surface area contributed by atoms with Gasteiger partial charge in [-0.1, -0.05) is 0 Å². The van der Waals surface area contributed by atoms with Crippen molar-refractivity contribution >= 4 is 27.1 Å². The molecule has 0 aliphatic carbocycles.